The Morgan fingerprint density at radius 3 is 2.61 bits per heavy atom. The van der Waals surface area contributed by atoms with Crippen molar-refractivity contribution in [1.82, 2.24) is 9.97 Å². The van der Waals surface area contributed by atoms with E-state index in [-0.39, 0.29) is 5.75 Å². The van der Waals surface area contributed by atoms with Gasteiger partial charge in [0, 0.05) is 5.56 Å². The molecule has 0 aliphatic heterocycles. The lowest BCUT2D eigenvalue weighted by molar-refractivity contribution is 0.475. The number of hydrogen-bond donors (Lipinski definition) is 2. The van der Waals surface area contributed by atoms with Crippen molar-refractivity contribution in [3.05, 3.63) is 47.5 Å². The normalized spacial score (nSPS) is 11.0. The van der Waals surface area contributed by atoms with Crippen LogP contribution in [-0.2, 0) is 0 Å². The predicted molar refractivity (Wildman–Crippen MR) is 72.7 cm³/mol. The Morgan fingerprint density at radius 2 is 1.89 bits per heavy atom. The van der Waals surface area contributed by atoms with Gasteiger partial charge in [-0.15, -0.1) is 0 Å². The van der Waals surface area contributed by atoms with E-state index in [4.69, 9.17) is 0 Å². The van der Waals surface area contributed by atoms with E-state index in [0.29, 0.717) is 0 Å². The molecule has 0 aliphatic rings. The number of phenols is 1. The summed E-state index contributed by atoms with van der Waals surface area (Å²) in [5.41, 5.74) is 5.22. The lowest BCUT2D eigenvalue weighted by Crippen LogP contribution is -1.84. The van der Waals surface area contributed by atoms with Gasteiger partial charge >= 0.3 is 0 Å². The second kappa shape index (κ2) is 3.88. The quantitative estimate of drug-likeness (QED) is 0.681. The first-order chi connectivity index (χ1) is 8.65. The Hall–Kier alpha value is -2.29. The molecule has 3 nitrogen and oxygen atoms in total. The van der Waals surface area contributed by atoms with Crippen molar-refractivity contribution in [2.24, 2.45) is 0 Å². The molecule has 0 radical (unpaired) electrons. The van der Waals surface area contributed by atoms with Gasteiger partial charge in [0.05, 0.1) is 11.0 Å². The molecule has 0 spiro atoms. The molecule has 2 aromatic carbocycles. The smallest absolute Gasteiger partial charge is 0.138 e. The topological polar surface area (TPSA) is 48.9 Å². The van der Waals surface area contributed by atoms with Gasteiger partial charge in [0.2, 0.25) is 0 Å². The summed E-state index contributed by atoms with van der Waals surface area (Å²) in [5, 5.41) is 9.44. The van der Waals surface area contributed by atoms with Gasteiger partial charge < -0.3 is 10.1 Å². The number of phenolic OH excluding ortho intramolecular Hbond substituents is 1. The molecule has 90 valence electrons. The second-order valence-corrected chi connectivity index (χ2v) is 4.56. The number of imidazole rings is 1. The maximum absolute atomic E-state index is 9.44. The molecule has 3 aromatic rings. The first-order valence-electron chi connectivity index (χ1n) is 5.90. The summed E-state index contributed by atoms with van der Waals surface area (Å²) in [4.78, 5) is 7.96. The van der Waals surface area contributed by atoms with Crippen LogP contribution in [-0.4, -0.2) is 15.1 Å². The number of para-hydroxylation sites is 1. The number of nitrogens with one attached hydrogen (secondary N) is 1. The van der Waals surface area contributed by atoms with E-state index in [0.717, 1.165) is 33.5 Å². The molecule has 0 saturated heterocycles. The lowest BCUT2D eigenvalue weighted by Gasteiger charge is -2.02. The summed E-state index contributed by atoms with van der Waals surface area (Å²) in [7, 11) is 0. The molecular weight excluding hydrogens is 224 g/mol. The average molecular weight is 238 g/mol. The molecule has 0 amide bonds. The van der Waals surface area contributed by atoms with Gasteiger partial charge in [0.15, 0.2) is 0 Å². The van der Waals surface area contributed by atoms with Crippen molar-refractivity contribution in [1.29, 1.82) is 0 Å². The fourth-order valence-electron chi connectivity index (χ4n) is 2.22. The van der Waals surface area contributed by atoms with Crippen LogP contribution in [0.2, 0.25) is 0 Å². The van der Waals surface area contributed by atoms with Gasteiger partial charge in [-0.05, 0) is 49.2 Å². The number of aryl methyl sites for hydroxylation is 2. The summed E-state index contributed by atoms with van der Waals surface area (Å²) in [6, 6.07) is 11.4. The minimum atomic E-state index is 0.281. The molecule has 0 bridgehead atoms. The summed E-state index contributed by atoms with van der Waals surface area (Å²) in [5.74, 6) is 1.13. The Bertz CT molecular complexity index is 728. The molecule has 0 fully saturated rings. The zero-order valence-electron chi connectivity index (χ0n) is 10.4. The highest BCUT2D eigenvalue weighted by Crippen LogP contribution is 2.27. The van der Waals surface area contributed by atoms with Gasteiger partial charge in [-0.2, -0.15) is 0 Å². The molecule has 0 atom stereocenters. The third kappa shape index (κ3) is 1.64. The van der Waals surface area contributed by atoms with Crippen LogP contribution in [0.15, 0.2) is 36.4 Å². The zero-order chi connectivity index (χ0) is 12.7. The molecule has 0 saturated carbocycles. The van der Waals surface area contributed by atoms with Gasteiger partial charge in [0.25, 0.3) is 0 Å². The molecule has 3 heteroatoms. The van der Waals surface area contributed by atoms with E-state index >= 15 is 0 Å². The van der Waals surface area contributed by atoms with E-state index in [2.05, 4.69) is 23.0 Å². The van der Waals surface area contributed by atoms with Crippen molar-refractivity contribution < 1.29 is 5.11 Å². The Morgan fingerprint density at radius 1 is 1.06 bits per heavy atom. The van der Waals surface area contributed by atoms with Gasteiger partial charge in [0.1, 0.15) is 11.6 Å². The van der Waals surface area contributed by atoms with Crippen molar-refractivity contribution in [3.63, 3.8) is 0 Å². The molecule has 1 aromatic heterocycles. The first kappa shape index (κ1) is 10.8. The van der Waals surface area contributed by atoms with Crippen LogP contribution < -0.4 is 0 Å². The van der Waals surface area contributed by atoms with Crippen molar-refractivity contribution in [2.45, 2.75) is 13.8 Å². The summed E-state index contributed by atoms with van der Waals surface area (Å²) >= 11 is 0. The summed E-state index contributed by atoms with van der Waals surface area (Å²) in [6.45, 7) is 4.02. The van der Waals surface area contributed by atoms with Crippen LogP contribution in [0.3, 0.4) is 0 Å². The number of rotatable bonds is 1. The number of benzene rings is 2. The Labute approximate surface area is 105 Å². The van der Waals surface area contributed by atoms with E-state index in [9.17, 15) is 5.11 Å². The van der Waals surface area contributed by atoms with Crippen LogP contribution >= 0.6 is 0 Å². The van der Waals surface area contributed by atoms with Crippen molar-refractivity contribution >= 4 is 11.0 Å². The molecular formula is C15H14N2O. The van der Waals surface area contributed by atoms with E-state index in [1.54, 1.807) is 12.1 Å². The van der Waals surface area contributed by atoms with Crippen molar-refractivity contribution in [3.8, 4) is 17.1 Å². The highest BCUT2D eigenvalue weighted by molar-refractivity contribution is 5.82. The van der Waals surface area contributed by atoms with Crippen molar-refractivity contribution in [2.75, 3.05) is 0 Å². The number of aromatic nitrogens is 2. The molecule has 0 unspecified atom stereocenters. The standard InChI is InChI=1S/C15H14N2O/c1-9-4-3-5-13-14(9)17-15(16-13)12-7-6-11(18)8-10(12)2/h3-8,18H,1-2H3,(H,16,17). The van der Waals surface area contributed by atoms with Gasteiger partial charge in [-0.1, -0.05) is 12.1 Å². The SMILES string of the molecule is Cc1cc(O)ccc1-c1nc2c(C)cccc2[nH]1. The average Bonchev–Trinajstić information content (AvgIpc) is 2.74. The monoisotopic (exact) mass is 238 g/mol. The van der Waals surface area contributed by atoms with Crippen LogP contribution in [0.5, 0.6) is 5.75 Å². The van der Waals surface area contributed by atoms with E-state index in [1.807, 2.05) is 25.1 Å². The molecule has 2 N–H and O–H groups in total. The Kier molecular flexibility index (Phi) is 2.33. The third-order valence-corrected chi connectivity index (χ3v) is 3.18. The second-order valence-electron chi connectivity index (χ2n) is 4.56. The van der Waals surface area contributed by atoms with Gasteiger partial charge in [-0.25, -0.2) is 4.98 Å². The fourth-order valence-corrected chi connectivity index (χ4v) is 2.22. The lowest BCUT2D eigenvalue weighted by atomic mass is 10.1. The highest BCUT2D eigenvalue weighted by Gasteiger charge is 2.09. The van der Waals surface area contributed by atoms with Crippen LogP contribution in [0.1, 0.15) is 11.1 Å². The number of hydrogen-bond acceptors (Lipinski definition) is 2. The van der Waals surface area contributed by atoms with Crippen LogP contribution in [0, 0.1) is 13.8 Å². The first-order valence-corrected chi connectivity index (χ1v) is 5.90. The third-order valence-electron chi connectivity index (χ3n) is 3.18. The molecule has 3 rings (SSSR count). The maximum atomic E-state index is 9.44. The number of nitrogens with zero attached hydrogens (tertiary/aromatic N) is 1. The summed E-state index contributed by atoms with van der Waals surface area (Å²) in [6.07, 6.45) is 0. The van der Waals surface area contributed by atoms with Gasteiger partial charge in [-0.3, -0.25) is 0 Å². The molecule has 1 heterocycles. The highest BCUT2D eigenvalue weighted by atomic mass is 16.3. The number of H-pyrrole nitrogens is 1. The van der Waals surface area contributed by atoms with E-state index < -0.39 is 0 Å². The van der Waals surface area contributed by atoms with Crippen LogP contribution in [0.4, 0.5) is 0 Å². The minimum Gasteiger partial charge on any atom is -0.508 e. The van der Waals surface area contributed by atoms with Crippen LogP contribution in [0.25, 0.3) is 22.4 Å². The predicted octanol–water partition coefficient (Wildman–Crippen LogP) is 3.55. The number of aromatic amines is 1. The Balaban J connectivity index is 2.23. The minimum absolute atomic E-state index is 0.281. The fraction of sp³-hybridized carbons (Fsp3) is 0.133. The molecule has 0 aliphatic carbocycles. The largest absolute Gasteiger partial charge is 0.508 e. The molecule has 18 heavy (non-hydrogen) atoms. The van der Waals surface area contributed by atoms with E-state index in [1.165, 1.54) is 0 Å². The maximum Gasteiger partial charge on any atom is 0.138 e. The number of aromatic hydroxyl groups is 1. The summed E-state index contributed by atoms with van der Waals surface area (Å²) < 4.78 is 0. The zero-order valence-corrected chi connectivity index (χ0v) is 10.4. The number of fused-ring (bicyclic) bond motifs is 1.